The third-order valence-electron chi connectivity index (χ3n) is 13.8. The fraction of sp³-hybridized carbons (Fsp3) is 0.831. The summed E-state index contributed by atoms with van der Waals surface area (Å²) in [7, 11) is 0. The summed E-state index contributed by atoms with van der Waals surface area (Å²) in [5.74, 6) is -0.953. The van der Waals surface area contributed by atoms with Crippen molar-refractivity contribution < 1.29 is 73.8 Å². The topological polar surface area (TPSA) is 231 Å². The van der Waals surface area contributed by atoms with Crippen molar-refractivity contribution in [1.29, 1.82) is 0 Å². The number of aliphatic hydroxyl groups is 7. The Kier molecular flexibility index (Phi) is 41.5. The number of carbonyl (C=O) groups excluding carboxylic acids is 2. The van der Waals surface area contributed by atoms with Crippen LogP contribution in [0.15, 0.2) is 48.6 Å². The van der Waals surface area contributed by atoms with Gasteiger partial charge in [0.05, 0.1) is 19.8 Å². The highest BCUT2D eigenvalue weighted by atomic mass is 16.7. The third-order valence-corrected chi connectivity index (χ3v) is 13.8. The van der Waals surface area contributed by atoms with Crippen LogP contribution in [-0.2, 0) is 38.0 Å². The van der Waals surface area contributed by atoms with E-state index in [1.807, 2.05) is 0 Å². The Balaban J connectivity index is 1.77. The van der Waals surface area contributed by atoms with Gasteiger partial charge in [-0.1, -0.05) is 197 Å². The number of allylic oxidation sites excluding steroid dienone is 8. The zero-order chi connectivity index (χ0) is 53.9. The minimum atomic E-state index is -1.77. The van der Waals surface area contributed by atoms with Gasteiger partial charge in [-0.05, 0) is 57.8 Å². The van der Waals surface area contributed by atoms with Gasteiger partial charge in [0, 0.05) is 12.8 Å². The largest absolute Gasteiger partial charge is 0.462 e. The maximum absolute atomic E-state index is 13.1. The molecule has 15 heteroatoms. The molecule has 2 saturated heterocycles. The Bertz CT molecular complexity index is 1470. The first kappa shape index (κ1) is 67.6. The number of hydrogen-bond acceptors (Lipinski definition) is 15. The fourth-order valence-corrected chi connectivity index (χ4v) is 9.02. The van der Waals surface area contributed by atoms with E-state index in [9.17, 15) is 45.3 Å². The molecule has 0 spiro atoms. The summed E-state index contributed by atoms with van der Waals surface area (Å²) < 4.78 is 33.7. The first-order valence-corrected chi connectivity index (χ1v) is 29.2. The lowest BCUT2D eigenvalue weighted by Crippen LogP contribution is -2.61. The standard InChI is InChI=1S/C59H104O15/c1-3-5-7-9-11-13-15-17-19-21-23-25-27-29-31-33-35-37-39-41-50(61)69-44-47(72-51(62)42-40-38-36-34-32-30-28-26-24-22-20-18-16-14-12-10-8-6-4-2)45-70-58-57(68)55(66)53(64)49(74-58)46-71-59-56(67)54(65)52(63)48(43-60)73-59/h12,14,18,20,24,26,30,32,47-49,52-60,63-68H,3-11,13,15-17,19,21-23,25,27-29,31,33-46H2,1-2H3/b14-12+,20-18+,26-24+,32-30+/t47-,48+,49+,52-,53-,54?,55?,56?,57?,58+,59+/m0/s1. The Morgan fingerprint density at radius 3 is 1.30 bits per heavy atom. The lowest BCUT2D eigenvalue weighted by Gasteiger charge is -2.42. The molecule has 2 rings (SSSR count). The summed E-state index contributed by atoms with van der Waals surface area (Å²) >= 11 is 0. The molecule has 7 N–H and O–H groups in total. The number of ether oxygens (including phenoxy) is 6. The van der Waals surface area contributed by atoms with E-state index in [4.69, 9.17) is 28.4 Å². The molecule has 2 aliphatic heterocycles. The monoisotopic (exact) mass is 1050 g/mol. The summed E-state index contributed by atoms with van der Waals surface area (Å²) in [6, 6.07) is 0. The van der Waals surface area contributed by atoms with E-state index in [0.717, 1.165) is 64.2 Å². The highest BCUT2D eigenvalue weighted by Crippen LogP contribution is 2.27. The molecule has 0 amide bonds. The SMILES string of the molecule is CCCCC/C=C/C/C=C/C/C=C/C/C=C/CCCCCC(=O)O[C@@H](COC(=O)CCCCCCCCCCCCCCCCCCCCC)CO[C@@H]1O[C@H](CO[C@@H]2O[C@H](CO)[C@H](O)C(O)C2O)[C@H](O)C(O)C1O. The van der Waals surface area contributed by atoms with Crippen molar-refractivity contribution in [2.45, 2.75) is 287 Å². The van der Waals surface area contributed by atoms with Crippen molar-refractivity contribution >= 4 is 11.9 Å². The van der Waals surface area contributed by atoms with Crippen LogP contribution in [0.4, 0.5) is 0 Å². The van der Waals surface area contributed by atoms with Crippen molar-refractivity contribution in [3.05, 3.63) is 48.6 Å². The molecule has 2 heterocycles. The van der Waals surface area contributed by atoms with Crippen molar-refractivity contribution in [2.24, 2.45) is 0 Å². The zero-order valence-corrected chi connectivity index (χ0v) is 45.8. The molecule has 0 aromatic heterocycles. The van der Waals surface area contributed by atoms with E-state index in [-0.39, 0.29) is 19.4 Å². The molecule has 0 aromatic carbocycles. The van der Waals surface area contributed by atoms with Gasteiger partial charge in [-0.15, -0.1) is 0 Å². The predicted octanol–water partition coefficient (Wildman–Crippen LogP) is 9.83. The number of carbonyl (C=O) groups is 2. The summed E-state index contributed by atoms with van der Waals surface area (Å²) in [5, 5.41) is 72.3. The number of aliphatic hydroxyl groups excluding tert-OH is 7. The minimum Gasteiger partial charge on any atom is -0.462 e. The van der Waals surface area contributed by atoms with Gasteiger partial charge in [0.2, 0.25) is 0 Å². The van der Waals surface area contributed by atoms with Crippen LogP contribution in [0, 0.1) is 0 Å². The van der Waals surface area contributed by atoms with E-state index < -0.39 is 99.3 Å². The van der Waals surface area contributed by atoms with E-state index >= 15 is 0 Å². The maximum atomic E-state index is 13.1. The molecule has 0 saturated carbocycles. The normalized spacial score (nSPS) is 25.0. The van der Waals surface area contributed by atoms with Gasteiger partial charge in [0.25, 0.3) is 0 Å². The quantitative estimate of drug-likeness (QED) is 0.0171. The molecule has 15 nitrogen and oxygen atoms in total. The predicted molar refractivity (Wildman–Crippen MR) is 289 cm³/mol. The molecule has 2 fully saturated rings. The minimum absolute atomic E-state index is 0.128. The lowest BCUT2D eigenvalue weighted by molar-refractivity contribution is -0.332. The second-order valence-electron chi connectivity index (χ2n) is 20.5. The van der Waals surface area contributed by atoms with Gasteiger partial charge < -0.3 is 64.2 Å². The molecular weight excluding hydrogens is 949 g/mol. The average Bonchev–Trinajstić information content (AvgIpc) is 3.39. The first-order chi connectivity index (χ1) is 36.0. The van der Waals surface area contributed by atoms with Crippen LogP contribution in [0.1, 0.15) is 219 Å². The van der Waals surface area contributed by atoms with Crippen LogP contribution in [0.2, 0.25) is 0 Å². The summed E-state index contributed by atoms with van der Waals surface area (Å²) in [6.07, 6.45) is 35.6. The molecule has 0 radical (unpaired) electrons. The smallest absolute Gasteiger partial charge is 0.306 e. The van der Waals surface area contributed by atoms with Crippen molar-refractivity contribution in [2.75, 3.05) is 26.4 Å². The van der Waals surface area contributed by atoms with Crippen molar-refractivity contribution in [3.8, 4) is 0 Å². The van der Waals surface area contributed by atoms with Gasteiger partial charge in [-0.2, -0.15) is 0 Å². The Morgan fingerprint density at radius 1 is 0.432 bits per heavy atom. The van der Waals surface area contributed by atoms with E-state index in [1.54, 1.807) is 0 Å². The summed E-state index contributed by atoms with van der Waals surface area (Å²) in [5.41, 5.74) is 0. The Morgan fingerprint density at radius 2 is 0.811 bits per heavy atom. The summed E-state index contributed by atoms with van der Waals surface area (Å²) in [4.78, 5) is 25.9. The highest BCUT2D eigenvalue weighted by molar-refractivity contribution is 5.70. The first-order valence-electron chi connectivity index (χ1n) is 29.2. The molecule has 74 heavy (non-hydrogen) atoms. The van der Waals surface area contributed by atoms with E-state index in [2.05, 4.69) is 62.5 Å². The molecule has 2 aliphatic rings. The molecular formula is C59H104O15. The van der Waals surface area contributed by atoms with Crippen molar-refractivity contribution in [1.82, 2.24) is 0 Å². The fourth-order valence-electron chi connectivity index (χ4n) is 9.02. The molecule has 0 bridgehead atoms. The van der Waals surface area contributed by atoms with Gasteiger partial charge in [-0.3, -0.25) is 9.59 Å². The van der Waals surface area contributed by atoms with Crippen LogP contribution < -0.4 is 0 Å². The van der Waals surface area contributed by atoms with E-state index in [1.165, 1.54) is 116 Å². The molecule has 0 aliphatic carbocycles. The number of esters is 2. The molecule has 11 atom stereocenters. The van der Waals surface area contributed by atoms with Crippen LogP contribution in [0.3, 0.4) is 0 Å². The van der Waals surface area contributed by atoms with Crippen LogP contribution >= 0.6 is 0 Å². The molecule has 430 valence electrons. The van der Waals surface area contributed by atoms with E-state index in [0.29, 0.717) is 12.8 Å². The van der Waals surface area contributed by atoms with Crippen LogP contribution in [0.25, 0.3) is 0 Å². The van der Waals surface area contributed by atoms with Crippen LogP contribution in [-0.4, -0.2) is 142 Å². The number of rotatable bonds is 46. The van der Waals surface area contributed by atoms with Gasteiger partial charge in [0.1, 0.15) is 55.4 Å². The highest BCUT2D eigenvalue weighted by Gasteiger charge is 2.47. The van der Waals surface area contributed by atoms with Gasteiger partial charge in [-0.25, -0.2) is 0 Å². The third kappa shape index (κ3) is 32.3. The average molecular weight is 1050 g/mol. The van der Waals surface area contributed by atoms with Gasteiger partial charge in [0.15, 0.2) is 18.7 Å². The lowest BCUT2D eigenvalue weighted by atomic mass is 9.98. The Hall–Kier alpha value is -2.54. The number of hydrogen-bond donors (Lipinski definition) is 7. The second kappa shape index (κ2) is 45.5. The van der Waals surface area contributed by atoms with Crippen LogP contribution in [0.5, 0.6) is 0 Å². The van der Waals surface area contributed by atoms with Crippen molar-refractivity contribution in [3.63, 3.8) is 0 Å². The Labute approximate surface area is 446 Å². The van der Waals surface area contributed by atoms with Gasteiger partial charge >= 0.3 is 11.9 Å². The number of unbranched alkanes of at least 4 members (excludes halogenated alkanes) is 24. The molecule has 4 unspecified atom stereocenters. The summed E-state index contributed by atoms with van der Waals surface area (Å²) in [6.45, 7) is 2.56. The second-order valence-corrected chi connectivity index (χ2v) is 20.5. The molecule has 0 aromatic rings. The zero-order valence-electron chi connectivity index (χ0n) is 45.8. The maximum Gasteiger partial charge on any atom is 0.306 e.